The first-order valence-electron chi connectivity index (χ1n) is 11.7. The van der Waals surface area contributed by atoms with Crippen molar-refractivity contribution in [1.29, 1.82) is 0 Å². The fourth-order valence-electron chi connectivity index (χ4n) is 4.07. The van der Waals surface area contributed by atoms with E-state index in [4.69, 9.17) is 14.2 Å². The molecule has 35 heavy (non-hydrogen) atoms. The predicted octanol–water partition coefficient (Wildman–Crippen LogP) is 3.87. The zero-order valence-electron chi connectivity index (χ0n) is 21.0. The highest BCUT2D eigenvalue weighted by Crippen LogP contribution is 2.45. The quantitative estimate of drug-likeness (QED) is 0.225. The van der Waals surface area contributed by atoms with Crippen molar-refractivity contribution in [3.05, 3.63) is 59.2 Å². The number of hydrogen-bond donors (Lipinski definition) is 1. The molecule has 8 heteroatoms. The smallest absolute Gasteiger partial charge is 0.295 e. The van der Waals surface area contributed by atoms with Gasteiger partial charge in [0.15, 0.2) is 11.5 Å². The Balaban J connectivity index is 2.11. The van der Waals surface area contributed by atoms with E-state index in [2.05, 4.69) is 6.92 Å². The molecular formula is C27H34N2O6. The number of aliphatic hydroxyl groups is 1. The number of likely N-dealkylation sites (N-methyl/N-ethyl adjacent to an activating group) is 1. The van der Waals surface area contributed by atoms with Crippen LogP contribution in [0.3, 0.4) is 0 Å². The average molecular weight is 483 g/mol. The second kappa shape index (κ2) is 11.8. The summed E-state index contributed by atoms with van der Waals surface area (Å²) >= 11 is 0. The summed E-state index contributed by atoms with van der Waals surface area (Å²) < 4.78 is 16.8. The Hall–Kier alpha value is -3.52. The number of methoxy groups -OCH3 is 2. The number of unbranched alkanes of at least 4 members (excludes halogenated alkanes) is 1. The van der Waals surface area contributed by atoms with Gasteiger partial charge in [-0.25, -0.2) is 0 Å². The van der Waals surface area contributed by atoms with Crippen LogP contribution < -0.4 is 14.2 Å². The Labute approximate surface area is 206 Å². The van der Waals surface area contributed by atoms with Crippen molar-refractivity contribution in [3.8, 4) is 17.2 Å². The minimum absolute atomic E-state index is 0.0139. The summed E-state index contributed by atoms with van der Waals surface area (Å²) in [5, 5.41) is 11.3. The monoisotopic (exact) mass is 482 g/mol. The van der Waals surface area contributed by atoms with E-state index in [0.29, 0.717) is 48.1 Å². The van der Waals surface area contributed by atoms with E-state index < -0.39 is 17.7 Å². The summed E-state index contributed by atoms with van der Waals surface area (Å²) in [4.78, 5) is 29.8. The van der Waals surface area contributed by atoms with Crippen LogP contribution in [0.5, 0.6) is 17.2 Å². The van der Waals surface area contributed by atoms with Gasteiger partial charge in [-0.2, -0.15) is 0 Å². The maximum atomic E-state index is 13.2. The minimum atomic E-state index is -0.833. The molecule has 0 spiro atoms. The number of aliphatic hydroxyl groups excluding tert-OH is 1. The van der Waals surface area contributed by atoms with Crippen LogP contribution in [0.15, 0.2) is 48.0 Å². The van der Waals surface area contributed by atoms with Gasteiger partial charge in [-0.3, -0.25) is 9.59 Å². The Morgan fingerprint density at radius 1 is 1.06 bits per heavy atom. The molecule has 0 bridgehead atoms. The molecule has 2 aromatic carbocycles. The van der Waals surface area contributed by atoms with Crippen molar-refractivity contribution >= 4 is 17.4 Å². The van der Waals surface area contributed by atoms with Crippen molar-refractivity contribution < 1.29 is 28.9 Å². The molecule has 2 aromatic rings. The van der Waals surface area contributed by atoms with Crippen molar-refractivity contribution in [2.24, 2.45) is 0 Å². The van der Waals surface area contributed by atoms with E-state index in [1.54, 1.807) is 42.5 Å². The lowest BCUT2D eigenvalue weighted by molar-refractivity contribution is -0.140. The highest BCUT2D eigenvalue weighted by Gasteiger charge is 2.47. The Morgan fingerprint density at radius 3 is 2.37 bits per heavy atom. The van der Waals surface area contributed by atoms with Gasteiger partial charge >= 0.3 is 0 Å². The summed E-state index contributed by atoms with van der Waals surface area (Å²) in [6, 6.07) is 11.3. The van der Waals surface area contributed by atoms with Crippen molar-refractivity contribution in [3.63, 3.8) is 0 Å². The number of hydrogen-bond acceptors (Lipinski definition) is 7. The van der Waals surface area contributed by atoms with Gasteiger partial charge in [0.2, 0.25) is 0 Å². The Bertz CT molecular complexity index is 1080. The van der Waals surface area contributed by atoms with Crippen LogP contribution >= 0.6 is 0 Å². The molecule has 1 saturated heterocycles. The van der Waals surface area contributed by atoms with Crippen LogP contribution in [0, 0.1) is 0 Å². The number of para-hydroxylation sites is 1. The van der Waals surface area contributed by atoms with Crippen LogP contribution in [0.25, 0.3) is 5.76 Å². The van der Waals surface area contributed by atoms with E-state index in [1.165, 1.54) is 19.1 Å². The summed E-state index contributed by atoms with van der Waals surface area (Å²) in [6.07, 6.45) is 1.97. The first-order chi connectivity index (χ1) is 16.8. The van der Waals surface area contributed by atoms with Crippen LogP contribution in [0.2, 0.25) is 0 Å². The lowest BCUT2D eigenvalue weighted by Gasteiger charge is -2.28. The molecule has 1 aliphatic heterocycles. The van der Waals surface area contributed by atoms with Gasteiger partial charge < -0.3 is 29.1 Å². The van der Waals surface area contributed by atoms with Gasteiger partial charge in [-0.05, 0) is 50.8 Å². The molecule has 1 fully saturated rings. The highest BCUT2D eigenvalue weighted by molar-refractivity contribution is 6.46. The minimum Gasteiger partial charge on any atom is -0.507 e. The fourth-order valence-corrected chi connectivity index (χ4v) is 4.07. The molecule has 1 amide bonds. The van der Waals surface area contributed by atoms with Gasteiger partial charge in [0.25, 0.3) is 11.7 Å². The number of ether oxygens (including phenoxy) is 3. The second-order valence-corrected chi connectivity index (χ2v) is 8.60. The number of carbonyl (C=O) groups excluding carboxylic acids is 2. The predicted molar refractivity (Wildman–Crippen MR) is 134 cm³/mol. The molecule has 0 aromatic heterocycles. The second-order valence-electron chi connectivity index (χ2n) is 8.60. The van der Waals surface area contributed by atoms with E-state index in [-0.39, 0.29) is 11.3 Å². The SMILES string of the molecule is CCCCOc1ccc(C(O)=C2C(=O)C(=O)N(CCN(C)C)[C@H]2c2cccc(OC)c2OC)cc1. The maximum Gasteiger partial charge on any atom is 0.295 e. The average Bonchev–Trinajstić information content (AvgIpc) is 3.11. The summed E-state index contributed by atoms with van der Waals surface area (Å²) in [5.41, 5.74) is 0.996. The molecule has 0 unspecified atom stereocenters. The lowest BCUT2D eigenvalue weighted by Crippen LogP contribution is -2.35. The van der Waals surface area contributed by atoms with E-state index in [0.717, 1.165) is 12.8 Å². The molecule has 188 valence electrons. The van der Waals surface area contributed by atoms with E-state index >= 15 is 0 Å². The van der Waals surface area contributed by atoms with Crippen LogP contribution in [-0.4, -0.2) is 74.6 Å². The third-order valence-corrected chi connectivity index (χ3v) is 5.95. The van der Waals surface area contributed by atoms with Gasteiger partial charge in [0.1, 0.15) is 11.5 Å². The molecule has 8 nitrogen and oxygen atoms in total. The highest BCUT2D eigenvalue weighted by atomic mass is 16.5. The van der Waals surface area contributed by atoms with Gasteiger partial charge in [0.05, 0.1) is 32.4 Å². The number of benzene rings is 2. The van der Waals surface area contributed by atoms with Gasteiger partial charge in [-0.15, -0.1) is 0 Å². The number of nitrogens with zero attached hydrogens (tertiary/aromatic N) is 2. The molecule has 1 atom stereocenters. The molecule has 1 heterocycles. The van der Waals surface area contributed by atoms with Crippen LogP contribution in [-0.2, 0) is 9.59 Å². The summed E-state index contributed by atoms with van der Waals surface area (Å²) in [7, 11) is 6.81. The van der Waals surface area contributed by atoms with Crippen molar-refractivity contribution in [1.82, 2.24) is 9.80 Å². The van der Waals surface area contributed by atoms with Gasteiger partial charge in [0, 0.05) is 24.2 Å². The third kappa shape index (κ3) is 5.59. The van der Waals surface area contributed by atoms with Gasteiger partial charge in [-0.1, -0.05) is 25.5 Å². The number of ketones is 1. The normalized spacial score (nSPS) is 17.2. The number of amides is 1. The molecule has 1 aliphatic rings. The molecule has 0 aliphatic carbocycles. The Morgan fingerprint density at radius 2 is 1.77 bits per heavy atom. The van der Waals surface area contributed by atoms with Crippen LogP contribution in [0.4, 0.5) is 0 Å². The van der Waals surface area contributed by atoms with E-state index in [9.17, 15) is 14.7 Å². The number of Topliss-reactive ketones (excluding diaryl/α,β-unsaturated/α-hetero) is 1. The maximum absolute atomic E-state index is 13.2. The number of likely N-dealkylation sites (tertiary alicyclic amines) is 1. The van der Waals surface area contributed by atoms with Crippen molar-refractivity contribution in [2.75, 3.05) is 48.0 Å². The molecule has 3 rings (SSSR count). The zero-order valence-corrected chi connectivity index (χ0v) is 21.0. The number of rotatable bonds is 11. The van der Waals surface area contributed by atoms with E-state index in [1.807, 2.05) is 19.0 Å². The first kappa shape index (κ1) is 26.1. The molecular weight excluding hydrogens is 448 g/mol. The third-order valence-electron chi connectivity index (χ3n) is 5.95. The summed E-state index contributed by atoms with van der Waals surface area (Å²) in [5.74, 6) is -0.0977. The zero-order chi connectivity index (χ0) is 25.5. The lowest BCUT2D eigenvalue weighted by atomic mass is 9.94. The topological polar surface area (TPSA) is 88.5 Å². The fraction of sp³-hybridized carbons (Fsp3) is 0.407. The molecule has 0 radical (unpaired) electrons. The van der Waals surface area contributed by atoms with Crippen LogP contribution in [0.1, 0.15) is 36.9 Å². The first-order valence-corrected chi connectivity index (χ1v) is 11.7. The molecule has 0 saturated carbocycles. The number of carbonyl (C=O) groups is 2. The summed E-state index contributed by atoms with van der Waals surface area (Å²) in [6.45, 7) is 3.53. The Kier molecular flexibility index (Phi) is 8.76. The molecule has 1 N–H and O–H groups in total. The largest absolute Gasteiger partial charge is 0.507 e. The van der Waals surface area contributed by atoms with Crippen molar-refractivity contribution in [2.45, 2.75) is 25.8 Å². The standard InChI is InChI=1S/C27H34N2O6/c1-6-7-17-35-19-13-11-18(12-14-19)24(30)22-23(20-9-8-10-21(33-4)26(20)34-5)29(16-15-28(2)3)27(32)25(22)31/h8-14,23,30H,6-7,15-17H2,1-5H3/t23-/m0/s1.